The number of methoxy groups -OCH3 is 1. The van der Waals surface area contributed by atoms with E-state index >= 15 is 0 Å². The lowest BCUT2D eigenvalue weighted by molar-refractivity contribution is -0.140. The third-order valence-electron chi connectivity index (χ3n) is 6.02. The standard InChI is InChI=1S/C27H29NO6/c1-4-13-33-21-9-6-18(7-10-21)24-23(26(30)27(31)28(24)12-5-14-32-3)25(29)19-8-11-22-20(16-19)15-17(2)34-22/h4,6-11,16-17,24,29H,1,5,12-15H2,2-3H3/b25-23+. The van der Waals surface area contributed by atoms with Crippen molar-refractivity contribution in [2.24, 2.45) is 0 Å². The van der Waals surface area contributed by atoms with E-state index < -0.39 is 17.7 Å². The van der Waals surface area contributed by atoms with Crippen molar-refractivity contribution >= 4 is 17.4 Å². The summed E-state index contributed by atoms with van der Waals surface area (Å²) in [5, 5.41) is 11.3. The first-order valence-electron chi connectivity index (χ1n) is 11.4. The van der Waals surface area contributed by atoms with Gasteiger partial charge in [-0.2, -0.15) is 0 Å². The van der Waals surface area contributed by atoms with Gasteiger partial charge in [0.1, 0.15) is 30.0 Å². The number of likely N-dealkylation sites (tertiary alicyclic amines) is 1. The van der Waals surface area contributed by atoms with Gasteiger partial charge in [0.25, 0.3) is 11.7 Å². The second-order valence-corrected chi connectivity index (χ2v) is 8.46. The summed E-state index contributed by atoms with van der Waals surface area (Å²) in [7, 11) is 1.59. The maximum Gasteiger partial charge on any atom is 0.295 e. The predicted molar refractivity (Wildman–Crippen MR) is 128 cm³/mol. The third-order valence-corrected chi connectivity index (χ3v) is 6.02. The first-order chi connectivity index (χ1) is 16.4. The van der Waals surface area contributed by atoms with E-state index in [-0.39, 0.29) is 17.4 Å². The molecule has 2 aromatic carbocycles. The number of aliphatic hydroxyl groups is 1. The number of ketones is 1. The lowest BCUT2D eigenvalue weighted by Gasteiger charge is -2.25. The van der Waals surface area contributed by atoms with Crippen molar-refractivity contribution in [3.63, 3.8) is 0 Å². The van der Waals surface area contributed by atoms with Crippen LogP contribution in [0.4, 0.5) is 0 Å². The van der Waals surface area contributed by atoms with Crippen LogP contribution in [0.5, 0.6) is 11.5 Å². The van der Waals surface area contributed by atoms with Crippen LogP contribution < -0.4 is 9.47 Å². The van der Waals surface area contributed by atoms with E-state index in [0.29, 0.717) is 43.1 Å². The summed E-state index contributed by atoms with van der Waals surface area (Å²) >= 11 is 0. The number of benzene rings is 2. The van der Waals surface area contributed by atoms with Gasteiger partial charge < -0.3 is 24.2 Å². The Hall–Kier alpha value is -3.58. The average molecular weight is 464 g/mol. The Morgan fingerprint density at radius 3 is 2.71 bits per heavy atom. The quantitative estimate of drug-likeness (QED) is 0.199. The maximum atomic E-state index is 13.1. The molecule has 0 radical (unpaired) electrons. The molecule has 4 rings (SSSR count). The molecule has 7 nitrogen and oxygen atoms in total. The molecule has 1 amide bonds. The first kappa shape index (κ1) is 23.6. The highest BCUT2D eigenvalue weighted by molar-refractivity contribution is 6.46. The highest BCUT2D eigenvalue weighted by atomic mass is 16.5. The van der Waals surface area contributed by atoms with Gasteiger partial charge in [-0.25, -0.2) is 0 Å². The Morgan fingerprint density at radius 2 is 2.00 bits per heavy atom. The van der Waals surface area contributed by atoms with Crippen molar-refractivity contribution in [2.45, 2.75) is 31.9 Å². The fourth-order valence-electron chi connectivity index (χ4n) is 4.46. The van der Waals surface area contributed by atoms with Crippen LogP contribution in [0.3, 0.4) is 0 Å². The minimum absolute atomic E-state index is 0.0561. The summed E-state index contributed by atoms with van der Waals surface area (Å²) in [6.45, 7) is 6.77. The number of ether oxygens (including phenoxy) is 3. The molecular formula is C27H29NO6. The fraction of sp³-hybridized carbons (Fsp3) is 0.333. The van der Waals surface area contributed by atoms with E-state index in [4.69, 9.17) is 14.2 Å². The van der Waals surface area contributed by atoms with Crippen LogP contribution in [0, 0.1) is 0 Å². The summed E-state index contributed by atoms with van der Waals surface area (Å²) in [5.74, 6) is -0.0971. The molecule has 178 valence electrons. The normalized spacial score (nSPS) is 20.8. The van der Waals surface area contributed by atoms with Crippen LogP contribution in [-0.2, 0) is 20.7 Å². The minimum atomic E-state index is -0.714. The van der Waals surface area contributed by atoms with Crippen molar-refractivity contribution < 1.29 is 28.9 Å². The summed E-state index contributed by atoms with van der Waals surface area (Å²) in [6, 6.07) is 11.8. The second kappa shape index (κ2) is 10.1. The Morgan fingerprint density at radius 1 is 1.24 bits per heavy atom. The zero-order valence-corrected chi connectivity index (χ0v) is 19.5. The number of rotatable bonds is 9. The molecule has 0 spiro atoms. The van der Waals surface area contributed by atoms with E-state index in [0.717, 1.165) is 17.7 Å². The van der Waals surface area contributed by atoms with Crippen molar-refractivity contribution in [1.29, 1.82) is 0 Å². The smallest absolute Gasteiger partial charge is 0.295 e. The lowest BCUT2D eigenvalue weighted by atomic mass is 9.94. The molecule has 0 aromatic heterocycles. The Kier molecular flexibility index (Phi) is 7.03. The van der Waals surface area contributed by atoms with Gasteiger partial charge in [-0.1, -0.05) is 24.8 Å². The van der Waals surface area contributed by atoms with Crippen LogP contribution in [0.1, 0.15) is 36.1 Å². The van der Waals surface area contributed by atoms with Crippen LogP contribution in [-0.4, -0.2) is 54.7 Å². The fourth-order valence-corrected chi connectivity index (χ4v) is 4.46. The monoisotopic (exact) mass is 463 g/mol. The Balaban J connectivity index is 1.75. The number of hydrogen-bond donors (Lipinski definition) is 1. The van der Waals surface area contributed by atoms with E-state index in [1.165, 1.54) is 4.90 Å². The minimum Gasteiger partial charge on any atom is -0.507 e. The molecule has 2 aliphatic rings. The van der Waals surface area contributed by atoms with Gasteiger partial charge in [0, 0.05) is 32.2 Å². The number of Topliss-reactive ketones (excluding diaryl/α,β-unsaturated/α-hetero) is 1. The van der Waals surface area contributed by atoms with E-state index in [1.807, 2.05) is 25.1 Å². The van der Waals surface area contributed by atoms with Crippen molar-refractivity contribution in [2.75, 3.05) is 26.9 Å². The van der Waals surface area contributed by atoms with Gasteiger partial charge in [-0.05, 0) is 54.8 Å². The molecule has 34 heavy (non-hydrogen) atoms. The van der Waals surface area contributed by atoms with Gasteiger partial charge in [-0.3, -0.25) is 9.59 Å². The van der Waals surface area contributed by atoms with E-state index in [9.17, 15) is 14.7 Å². The van der Waals surface area contributed by atoms with Crippen molar-refractivity contribution in [3.05, 3.63) is 77.4 Å². The molecule has 0 bridgehead atoms. The van der Waals surface area contributed by atoms with Crippen molar-refractivity contribution in [1.82, 2.24) is 4.90 Å². The number of fused-ring (bicyclic) bond motifs is 1. The zero-order chi connectivity index (χ0) is 24.2. The summed E-state index contributed by atoms with van der Waals surface area (Å²) in [5.41, 5.74) is 2.24. The summed E-state index contributed by atoms with van der Waals surface area (Å²) < 4.78 is 16.4. The van der Waals surface area contributed by atoms with Gasteiger partial charge >= 0.3 is 0 Å². The SMILES string of the molecule is C=CCOc1ccc(C2/C(=C(\O)c3ccc4c(c3)CC(C)O4)C(=O)C(=O)N2CCCOC)cc1. The summed E-state index contributed by atoms with van der Waals surface area (Å²) in [4.78, 5) is 27.6. The first-order valence-corrected chi connectivity index (χ1v) is 11.4. The van der Waals surface area contributed by atoms with Crippen LogP contribution in [0.25, 0.3) is 5.76 Å². The van der Waals surface area contributed by atoms with Crippen LogP contribution >= 0.6 is 0 Å². The molecule has 0 aliphatic carbocycles. The molecule has 2 unspecified atom stereocenters. The number of nitrogens with zero attached hydrogens (tertiary/aromatic N) is 1. The molecule has 2 aliphatic heterocycles. The van der Waals surface area contributed by atoms with Crippen molar-refractivity contribution in [3.8, 4) is 11.5 Å². The van der Waals surface area contributed by atoms with E-state index in [2.05, 4.69) is 6.58 Å². The number of carbonyl (C=O) groups excluding carboxylic acids is 2. The second-order valence-electron chi connectivity index (χ2n) is 8.46. The van der Waals surface area contributed by atoms with Crippen LogP contribution in [0.2, 0.25) is 0 Å². The van der Waals surface area contributed by atoms with Gasteiger partial charge in [0.15, 0.2) is 0 Å². The highest BCUT2D eigenvalue weighted by Crippen LogP contribution is 2.41. The third kappa shape index (κ3) is 4.56. The zero-order valence-electron chi connectivity index (χ0n) is 19.5. The molecule has 1 fully saturated rings. The van der Waals surface area contributed by atoms with Gasteiger partial charge in [0.2, 0.25) is 0 Å². The van der Waals surface area contributed by atoms with Gasteiger partial charge in [0.05, 0.1) is 11.6 Å². The number of hydrogen-bond acceptors (Lipinski definition) is 6. The topological polar surface area (TPSA) is 85.3 Å². The Labute approximate surface area is 199 Å². The van der Waals surface area contributed by atoms with E-state index in [1.54, 1.807) is 37.5 Å². The molecule has 0 saturated carbocycles. The summed E-state index contributed by atoms with van der Waals surface area (Å²) in [6.07, 6.45) is 2.99. The molecular weight excluding hydrogens is 434 g/mol. The predicted octanol–water partition coefficient (Wildman–Crippen LogP) is 4.03. The lowest BCUT2D eigenvalue weighted by Crippen LogP contribution is -2.31. The molecule has 2 atom stereocenters. The number of amides is 1. The number of carbonyl (C=O) groups is 2. The van der Waals surface area contributed by atoms with Gasteiger partial charge in [-0.15, -0.1) is 0 Å². The highest BCUT2D eigenvalue weighted by Gasteiger charge is 2.45. The van der Waals surface area contributed by atoms with Crippen LogP contribution in [0.15, 0.2) is 60.7 Å². The largest absolute Gasteiger partial charge is 0.507 e. The number of aliphatic hydroxyl groups excluding tert-OH is 1. The molecule has 1 saturated heterocycles. The molecule has 2 heterocycles. The molecule has 1 N–H and O–H groups in total. The molecule has 2 aromatic rings. The average Bonchev–Trinajstić information content (AvgIpc) is 3.33. The Bertz CT molecular complexity index is 1120. The maximum absolute atomic E-state index is 13.1. The molecule has 7 heteroatoms.